The Morgan fingerprint density at radius 2 is 1.19 bits per heavy atom. The van der Waals surface area contributed by atoms with Crippen molar-refractivity contribution in [2.24, 2.45) is 5.92 Å². The van der Waals surface area contributed by atoms with Gasteiger partial charge in [-0.2, -0.15) is 5.26 Å². The van der Waals surface area contributed by atoms with Crippen LogP contribution >= 0.6 is 0 Å². The molecule has 2 aromatic rings. The molecule has 3 rings (SSSR count). The number of nitriles is 1. The Morgan fingerprint density at radius 3 is 1.74 bits per heavy atom. The molecule has 0 N–H and O–H groups in total. The standard InChI is InChI=1S/C30H41N/c1-2-3-4-5-6-7-8-9-10-11-25-12-16-27(17-13-25)29-20-22-30(23-21-29)28-18-14-26(24-31)15-19-28/h14-15,18-23,25,27H,2-13,16-17H2,1H3. The molecular weight excluding hydrogens is 374 g/mol. The normalized spacial score (nSPS) is 18.6. The maximum absolute atomic E-state index is 8.96. The highest BCUT2D eigenvalue weighted by atomic mass is 14.3. The summed E-state index contributed by atoms with van der Waals surface area (Å²) >= 11 is 0. The Balaban J connectivity index is 1.33. The van der Waals surface area contributed by atoms with Crippen LogP contribution in [0, 0.1) is 17.2 Å². The number of unbranched alkanes of at least 4 members (excludes halogenated alkanes) is 8. The van der Waals surface area contributed by atoms with Gasteiger partial charge in [0, 0.05) is 0 Å². The fourth-order valence-corrected chi connectivity index (χ4v) is 5.21. The summed E-state index contributed by atoms with van der Waals surface area (Å²) in [5, 5.41) is 8.96. The van der Waals surface area contributed by atoms with Crippen molar-refractivity contribution in [1.29, 1.82) is 5.26 Å². The van der Waals surface area contributed by atoms with Gasteiger partial charge in [0.2, 0.25) is 0 Å². The van der Waals surface area contributed by atoms with E-state index in [1.807, 2.05) is 24.3 Å². The van der Waals surface area contributed by atoms with E-state index in [1.54, 1.807) is 0 Å². The molecule has 1 nitrogen and oxygen atoms in total. The Hall–Kier alpha value is -2.07. The van der Waals surface area contributed by atoms with Crippen molar-refractivity contribution in [3.05, 3.63) is 59.7 Å². The lowest BCUT2D eigenvalue weighted by atomic mass is 9.77. The van der Waals surface area contributed by atoms with Crippen molar-refractivity contribution in [2.75, 3.05) is 0 Å². The van der Waals surface area contributed by atoms with E-state index in [-0.39, 0.29) is 0 Å². The lowest BCUT2D eigenvalue weighted by molar-refractivity contribution is 0.302. The Morgan fingerprint density at radius 1 is 0.677 bits per heavy atom. The molecule has 0 bridgehead atoms. The first-order valence-electron chi connectivity index (χ1n) is 12.9. The fraction of sp³-hybridized carbons (Fsp3) is 0.567. The third-order valence-corrected chi connectivity index (χ3v) is 7.29. The van der Waals surface area contributed by atoms with Gasteiger partial charge in [0.1, 0.15) is 0 Å². The van der Waals surface area contributed by atoms with Crippen molar-refractivity contribution in [3.8, 4) is 17.2 Å². The quantitative estimate of drug-likeness (QED) is 0.317. The lowest BCUT2D eigenvalue weighted by Gasteiger charge is -2.29. The molecule has 1 aliphatic carbocycles. The van der Waals surface area contributed by atoms with Crippen molar-refractivity contribution in [1.82, 2.24) is 0 Å². The van der Waals surface area contributed by atoms with Crippen LogP contribution < -0.4 is 0 Å². The molecule has 0 aromatic heterocycles. The first kappa shape index (κ1) is 23.6. The van der Waals surface area contributed by atoms with Crippen LogP contribution in [0.2, 0.25) is 0 Å². The summed E-state index contributed by atoms with van der Waals surface area (Å²) in [6.45, 7) is 2.29. The Bertz CT molecular complexity index is 773. The SMILES string of the molecule is CCCCCCCCCCCC1CCC(c2ccc(-c3ccc(C#N)cc3)cc2)CC1. The van der Waals surface area contributed by atoms with Crippen LogP contribution in [-0.2, 0) is 0 Å². The molecular formula is C30H41N. The van der Waals surface area contributed by atoms with Crippen molar-refractivity contribution < 1.29 is 0 Å². The molecule has 0 saturated heterocycles. The largest absolute Gasteiger partial charge is 0.192 e. The molecule has 0 aliphatic heterocycles. The predicted molar refractivity (Wildman–Crippen MR) is 133 cm³/mol. The number of hydrogen-bond donors (Lipinski definition) is 0. The van der Waals surface area contributed by atoms with Crippen LogP contribution in [0.4, 0.5) is 0 Å². The minimum absolute atomic E-state index is 0.722. The van der Waals surface area contributed by atoms with Crippen LogP contribution in [0.25, 0.3) is 11.1 Å². The average molecular weight is 416 g/mol. The zero-order valence-electron chi connectivity index (χ0n) is 19.6. The van der Waals surface area contributed by atoms with Crippen LogP contribution in [0.1, 0.15) is 114 Å². The lowest BCUT2D eigenvalue weighted by Crippen LogP contribution is -2.13. The molecule has 0 atom stereocenters. The third kappa shape index (κ3) is 7.84. The van der Waals surface area contributed by atoms with Gasteiger partial charge in [0.15, 0.2) is 0 Å². The van der Waals surface area contributed by atoms with E-state index >= 15 is 0 Å². The molecule has 1 fully saturated rings. The second kappa shape index (κ2) is 13.4. The molecule has 0 radical (unpaired) electrons. The molecule has 1 saturated carbocycles. The second-order valence-corrected chi connectivity index (χ2v) is 9.65. The third-order valence-electron chi connectivity index (χ3n) is 7.29. The highest BCUT2D eigenvalue weighted by Gasteiger charge is 2.22. The van der Waals surface area contributed by atoms with Crippen molar-refractivity contribution in [2.45, 2.75) is 103 Å². The summed E-state index contributed by atoms with van der Waals surface area (Å²) in [7, 11) is 0. The highest BCUT2D eigenvalue weighted by molar-refractivity contribution is 5.64. The zero-order chi connectivity index (χ0) is 21.7. The summed E-state index contributed by atoms with van der Waals surface area (Å²) in [5.41, 5.74) is 4.67. The first-order chi connectivity index (χ1) is 15.3. The van der Waals surface area contributed by atoms with Crippen LogP contribution in [0.5, 0.6) is 0 Å². The fourth-order valence-electron chi connectivity index (χ4n) is 5.21. The van der Waals surface area contributed by atoms with Gasteiger partial charge in [0.25, 0.3) is 0 Å². The summed E-state index contributed by atoms with van der Waals surface area (Å²) in [4.78, 5) is 0. The smallest absolute Gasteiger partial charge is 0.0991 e. The minimum atomic E-state index is 0.722. The zero-order valence-corrected chi connectivity index (χ0v) is 19.6. The summed E-state index contributed by atoms with van der Waals surface area (Å²) in [6, 6.07) is 19.3. The molecule has 0 unspecified atom stereocenters. The van der Waals surface area contributed by atoms with Gasteiger partial charge in [0.05, 0.1) is 11.6 Å². The summed E-state index contributed by atoms with van der Waals surface area (Å²) < 4.78 is 0. The molecule has 0 spiro atoms. The van der Waals surface area contributed by atoms with Gasteiger partial charge in [-0.1, -0.05) is 108 Å². The topological polar surface area (TPSA) is 23.8 Å². The molecule has 0 heterocycles. The molecule has 31 heavy (non-hydrogen) atoms. The van der Waals surface area contributed by atoms with Gasteiger partial charge >= 0.3 is 0 Å². The number of benzene rings is 2. The van der Waals surface area contributed by atoms with Crippen molar-refractivity contribution >= 4 is 0 Å². The van der Waals surface area contributed by atoms with Crippen LogP contribution in [0.15, 0.2) is 48.5 Å². The Labute approximate surface area is 190 Å². The van der Waals surface area contributed by atoms with E-state index in [0.717, 1.165) is 17.4 Å². The predicted octanol–water partition coefficient (Wildman–Crippen LogP) is 9.42. The molecule has 166 valence electrons. The summed E-state index contributed by atoms with van der Waals surface area (Å²) in [6.07, 6.45) is 19.9. The number of nitrogens with zero attached hydrogens (tertiary/aromatic N) is 1. The molecule has 0 amide bonds. The minimum Gasteiger partial charge on any atom is -0.192 e. The van der Waals surface area contributed by atoms with E-state index < -0.39 is 0 Å². The summed E-state index contributed by atoms with van der Waals surface area (Å²) in [5.74, 6) is 1.72. The van der Waals surface area contributed by atoms with E-state index in [9.17, 15) is 0 Å². The van der Waals surface area contributed by atoms with E-state index in [4.69, 9.17) is 5.26 Å². The number of rotatable bonds is 12. The van der Waals surface area contributed by atoms with Gasteiger partial charge in [-0.15, -0.1) is 0 Å². The maximum atomic E-state index is 8.96. The molecule has 1 heteroatoms. The maximum Gasteiger partial charge on any atom is 0.0991 e. The average Bonchev–Trinajstić information content (AvgIpc) is 2.83. The molecule has 1 aliphatic rings. The van der Waals surface area contributed by atoms with Crippen molar-refractivity contribution in [3.63, 3.8) is 0 Å². The monoisotopic (exact) mass is 415 g/mol. The van der Waals surface area contributed by atoms with E-state index in [2.05, 4.69) is 37.3 Å². The van der Waals surface area contributed by atoms with E-state index in [1.165, 1.54) is 107 Å². The first-order valence-corrected chi connectivity index (χ1v) is 12.9. The molecule has 2 aromatic carbocycles. The van der Waals surface area contributed by atoms with Crippen LogP contribution in [-0.4, -0.2) is 0 Å². The highest BCUT2D eigenvalue weighted by Crippen LogP contribution is 2.38. The van der Waals surface area contributed by atoms with E-state index in [0.29, 0.717) is 0 Å². The number of hydrogen-bond acceptors (Lipinski definition) is 1. The van der Waals surface area contributed by atoms with Gasteiger partial charge in [-0.3, -0.25) is 0 Å². The second-order valence-electron chi connectivity index (χ2n) is 9.65. The Kier molecular flexibility index (Phi) is 10.2. The van der Waals surface area contributed by atoms with Gasteiger partial charge < -0.3 is 0 Å². The van der Waals surface area contributed by atoms with Gasteiger partial charge in [-0.25, -0.2) is 0 Å². The van der Waals surface area contributed by atoms with Crippen LogP contribution in [0.3, 0.4) is 0 Å². The van der Waals surface area contributed by atoms with Gasteiger partial charge in [-0.05, 0) is 66.3 Å².